The fourth-order valence-electron chi connectivity index (χ4n) is 3.48. The summed E-state index contributed by atoms with van der Waals surface area (Å²) in [7, 11) is 1.50. The number of carbonyl (C=O) groups excluding carboxylic acids is 1. The Kier molecular flexibility index (Phi) is 7.53. The number of tetrazole rings is 1. The smallest absolute Gasteiger partial charge is 0.329 e. The molecule has 1 atom stereocenters. The molecule has 0 aliphatic carbocycles. The fraction of sp³-hybridized carbons (Fsp3) is 0.435. The van der Waals surface area contributed by atoms with Gasteiger partial charge in [0.1, 0.15) is 23.7 Å². The van der Waals surface area contributed by atoms with Crippen molar-refractivity contribution in [2.45, 2.75) is 58.6 Å². The van der Waals surface area contributed by atoms with Gasteiger partial charge in [-0.05, 0) is 55.8 Å². The lowest BCUT2D eigenvalue weighted by atomic mass is 10.0. The van der Waals surface area contributed by atoms with Crippen LogP contribution in [0.4, 0.5) is 0 Å². The molecule has 3 aromatic rings. The predicted molar refractivity (Wildman–Crippen MR) is 125 cm³/mol. The normalized spacial score (nSPS) is 12.4. The maximum absolute atomic E-state index is 13.3. The summed E-state index contributed by atoms with van der Waals surface area (Å²) in [5, 5.41) is 11.8. The summed E-state index contributed by atoms with van der Waals surface area (Å²) in [6, 6.07) is 5.84. The van der Waals surface area contributed by atoms with Gasteiger partial charge in [-0.1, -0.05) is 31.4 Å². The van der Waals surface area contributed by atoms with Gasteiger partial charge in [-0.15, -0.1) is 5.10 Å². The number of ether oxygens (including phenoxy) is 2. The number of nitrogens with zero attached hydrogens (tertiary/aromatic N) is 5. The number of aromatic nitrogens is 5. The second-order valence-corrected chi connectivity index (χ2v) is 9.04. The van der Waals surface area contributed by atoms with E-state index in [1.807, 2.05) is 6.92 Å². The maximum Gasteiger partial charge on any atom is 0.329 e. The Morgan fingerprint density at radius 3 is 2.58 bits per heavy atom. The summed E-state index contributed by atoms with van der Waals surface area (Å²) >= 11 is 6.26. The molecule has 0 saturated heterocycles. The second kappa shape index (κ2) is 10.2. The molecule has 0 radical (unpaired) electrons. The summed E-state index contributed by atoms with van der Waals surface area (Å²) in [6.45, 7) is 7.42. The fourth-order valence-corrected chi connectivity index (χ4v) is 3.65. The van der Waals surface area contributed by atoms with Crippen molar-refractivity contribution in [3.05, 3.63) is 52.2 Å². The van der Waals surface area contributed by atoms with Crippen molar-refractivity contribution < 1.29 is 14.3 Å². The van der Waals surface area contributed by atoms with Gasteiger partial charge in [0.15, 0.2) is 0 Å². The second-order valence-electron chi connectivity index (χ2n) is 8.61. The van der Waals surface area contributed by atoms with E-state index in [0.29, 0.717) is 34.0 Å². The van der Waals surface area contributed by atoms with Crippen LogP contribution in [0.15, 0.2) is 41.6 Å². The number of hydrogen-bond acceptors (Lipinski definition) is 7. The first-order valence-electron chi connectivity index (χ1n) is 10.7. The first kappa shape index (κ1) is 24.4. The molecule has 0 fully saturated rings. The zero-order chi connectivity index (χ0) is 24.2. The number of halogens is 1. The minimum absolute atomic E-state index is 0.361. The number of benzene rings is 1. The van der Waals surface area contributed by atoms with Crippen LogP contribution >= 0.6 is 11.6 Å². The Labute approximate surface area is 197 Å². The number of esters is 1. The largest absolute Gasteiger partial charge is 0.495 e. The quantitative estimate of drug-likeness (QED) is 0.451. The minimum atomic E-state index is -0.766. The Morgan fingerprint density at radius 1 is 1.21 bits per heavy atom. The van der Waals surface area contributed by atoms with Crippen LogP contribution < -0.4 is 10.3 Å². The van der Waals surface area contributed by atoms with E-state index < -0.39 is 17.6 Å². The van der Waals surface area contributed by atoms with Crippen molar-refractivity contribution >= 4 is 17.6 Å². The number of methoxy groups -OCH3 is 1. The highest BCUT2D eigenvalue weighted by molar-refractivity contribution is 6.31. The van der Waals surface area contributed by atoms with E-state index >= 15 is 0 Å². The van der Waals surface area contributed by atoms with Crippen molar-refractivity contribution in [2.24, 2.45) is 0 Å². The first-order valence-corrected chi connectivity index (χ1v) is 11.1. The number of rotatable bonds is 8. The third kappa shape index (κ3) is 5.78. The molecule has 176 valence electrons. The molecular formula is C23H28ClN5O4. The maximum atomic E-state index is 13.3. The van der Waals surface area contributed by atoms with Gasteiger partial charge in [0, 0.05) is 22.2 Å². The molecule has 0 saturated carbocycles. The molecule has 0 bridgehead atoms. The number of hydrogen-bond donors (Lipinski definition) is 0. The SMILES string of the molecule is CCCCC(C(=O)OC(C)(C)C)n1cc(OC)c(-c2cc(Cl)ccc2-n2cnnn2)cc1=O. The van der Waals surface area contributed by atoms with E-state index in [4.69, 9.17) is 21.1 Å². The van der Waals surface area contributed by atoms with E-state index in [1.54, 1.807) is 45.2 Å². The Balaban J connectivity index is 2.14. The number of pyridine rings is 1. The van der Waals surface area contributed by atoms with Crippen molar-refractivity contribution in [2.75, 3.05) is 7.11 Å². The van der Waals surface area contributed by atoms with Gasteiger partial charge in [0.05, 0.1) is 19.0 Å². The molecule has 0 amide bonds. The van der Waals surface area contributed by atoms with E-state index in [0.717, 1.165) is 12.8 Å². The lowest BCUT2D eigenvalue weighted by Crippen LogP contribution is -2.35. The Morgan fingerprint density at radius 2 is 1.97 bits per heavy atom. The average Bonchev–Trinajstić information content (AvgIpc) is 3.28. The van der Waals surface area contributed by atoms with E-state index in [1.165, 1.54) is 28.8 Å². The monoisotopic (exact) mass is 473 g/mol. The molecule has 10 heteroatoms. The molecule has 33 heavy (non-hydrogen) atoms. The van der Waals surface area contributed by atoms with E-state index in [-0.39, 0.29) is 5.56 Å². The van der Waals surface area contributed by atoms with Gasteiger partial charge in [-0.3, -0.25) is 9.36 Å². The summed E-state index contributed by atoms with van der Waals surface area (Å²) in [5.41, 5.74) is 0.704. The van der Waals surface area contributed by atoms with Crippen LogP contribution in [0.3, 0.4) is 0 Å². The third-order valence-corrected chi connectivity index (χ3v) is 5.19. The predicted octanol–water partition coefficient (Wildman–Crippen LogP) is 4.23. The topological polar surface area (TPSA) is 101 Å². The van der Waals surface area contributed by atoms with E-state index in [2.05, 4.69) is 15.5 Å². The Hall–Kier alpha value is -3.20. The number of carbonyl (C=O) groups is 1. The minimum Gasteiger partial charge on any atom is -0.495 e. The molecule has 9 nitrogen and oxygen atoms in total. The van der Waals surface area contributed by atoms with Crippen LogP contribution in [0.1, 0.15) is 53.0 Å². The Bertz CT molecular complexity index is 1170. The average molecular weight is 474 g/mol. The van der Waals surface area contributed by atoms with Crippen molar-refractivity contribution in [1.29, 1.82) is 0 Å². The van der Waals surface area contributed by atoms with Crippen LogP contribution in [0.2, 0.25) is 5.02 Å². The highest BCUT2D eigenvalue weighted by Crippen LogP contribution is 2.35. The molecule has 0 aliphatic rings. The summed E-state index contributed by atoms with van der Waals surface area (Å²) < 4.78 is 14.1. The lowest BCUT2D eigenvalue weighted by molar-refractivity contribution is -0.159. The molecule has 2 heterocycles. The molecule has 0 aliphatic heterocycles. The van der Waals surface area contributed by atoms with Gasteiger partial charge in [-0.25, -0.2) is 4.79 Å². The van der Waals surface area contributed by atoms with Crippen LogP contribution in [0.5, 0.6) is 5.75 Å². The van der Waals surface area contributed by atoms with Crippen LogP contribution in [0.25, 0.3) is 16.8 Å². The summed E-state index contributed by atoms with van der Waals surface area (Å²) in [5.74, 6) is -0.0544. The van der Waals surface area contributed by atoms with Gasteiger partial charge in [0.25, 0.3) is 5.56 Å². The van der Waals surface area contributed by atoms with Crippen molar-refractivity contribution in [3.63, 3.8) is 0 Å². The lowest BCUT2D eigenvalue weighted by Gasteiger charge is -2.26. The van der Waals surface area contributed by atoms with Gasteiger partial charge in [-0.2, -0.15) is 4.68 Å². The van der Waals surface area contributed by atoms with Crippen LogP contribution in [-0.4, -0.2) is 43.5 Å². The van der Waals surface area contributed by atoms with Crippen LogP contribution in [-0.2, 0) is 9.53 Å². The molecular weight excluding hydrogens is 446 g/mol. The molecule has 0 spiro atoms. The molecule has 2 aromatic heterocycles. The van der Waals surface area contributed by atoms with Crippen molar-refractivity contribution in [3.8, 4) is 22.6 Å². The highest BCUT2D eigenvalue weighted by atomic mass is 35.5. The zero-order valence-electron chi connectivity index (χ0n) is 19.4. The summed E-state index contributed by atoms with van der Waals surface area (Å²) in [4.78, 5) is 26.2. The third-order valence-electron chi connectivity index (χ3n) is 4.95. The molecule has 1 unspecified atom stereocenters. The van der Waals surface area contributed by atoms with Crippen molar-refractivity contribution in [1.82, 2.24) is 24.8 Å². The highest BCUT2D eigenvalue weighted by Gasteiger charge is 2.28. The molecule has 0 N–H and O–H groups in total. The molecule has 3 rings (SSSR count). The standard InChI is InChI=1S/C23H28ClN5O4/c1-6-7-8-19(22(31)33-23(2,3)4)28-13-20(32-5)17(12-21(28)30)16-11-15(24)9-10-18(16)29-14-25-26-27-29/h9-14,19H,6-8H2,1-5H3. The van der Waals surface area contributed by atoms with Gasteiger partial charge < -0.3 is 9.47 Å². The zero-order valence-corrected chi connectivity index (χ0v) is 20.2. The van der Waals surface area contributed by atoms with Gasteiger partial charge >= 0.3 is 5.97 Å². The molecule has 1 aromatic carbocycles. The van der Waals surface area contributed by atoms with E-state index in [9.17, 15) is 9.59 Å². The summed E-state index contributed by atoms with van der Waals surface area (Å²) in [6.07, 6.45) is 5.11. The number of unbranched alkanes of at least 4 members (excludes halogenated alkanes) is 1. The first-order chi connectivity index (χ1) is 15.6. The van der Waals surface area contributed by atoms with Gasteiger partial charge in [0.2, 0.25) is 0 Å². The van der Waals surface area contributed by atoms with Crippen LogP contribution in [0, 0.1) is 0 Å².